The lowest BCUT2D eigenvalue weighted by atomic mass is 10.2. The molecule has 0 bridgehead atoms. The SMILES string of the molecule is Cc1cc(-n2cnn(Cc3ccc(I)cc3)c2=O)sc1C(=O)NCc1cccnc1. The van der Waals surface area contributed by atoms with E-state index in [4.69, 9.17) is 0 Å². The van der Waals surface area contributed by atoms with Gasteiger partial charge in [-0.3, -0.25) is 9.78 Å². The smallest absolute Gasteiger partial charge is 0.347 e. The van der Waals surface area contributed by atoms with Crippen LogP contribution in [0.1, 0.15) is 26.4 Å². The van der Waals surface area contributed by atoms with Gasteiger partial charge in [0.1, 0.15) is 11.3 Å². The van der Waals surface area contributed by atoms with Gasteiger partial charge in [-0.05, 0) is 70.5 Å². The standard InChI is InChI=1S/C21H18IN5O2S/c1-14-9-18(30-19(14)20(28)24-11-16-3-2-8-23-10-16)26-13-25-27(21(26)29)12-15-4-6-17(22)7-5-15/h2-10,13H,11-12H2,1H3,(H,24,28). The number of carbonyl (C=O) groups is 1. The number of pyridine rings is 1. The fraction of sp³-hybridized carbons (Fsp3) is 0.143. The van der Waals surface area contributed by atoms with Crippen LogP contribution in [0.15, 0.2) is 66.0 Å². The maximum Gasteiger partial charge on any atom is 0.351 e. The summed E-state index contributed by atoms with van der Waals surface area (Å²) in [5.74, 6) is -0.174. The summed E-state index contributed by atoms with van der Waals surface area (Å²) in [6.45, 7) is 2.65. The molecule has 9 heteroatoms. The minimum Gasteiger partial charge on any atom is -0.347 e. The van der Waals surface area contributed by atoms with E-state index in [2.05, 4.69) is 38.0 Å². The third-order valence-electron chi connectivity index (χ3n) is 4.50. The first-order valence-electron chi connectivity index (χ1n) is 9.18. The van der Waals surface area contributed by atoms with Gasteiger partial charge in [0.05, 0.1) is 11.4 Å². The van der Waals surface area contributed by atoms with Crippen LogP contribution in [0.3, 0.4) is 0 Å². The molecule has 0 spiro atoms. The Hall–Kier alpha value is -2.79. The summed E-state index contributed by atoms with van der Waals surface area (Å²) in [7, 11) is 0. The summed E-state index contributed by atoms with van der Waals surface area (Å²) >= 11 is 3.52. The molecule has 7 nitrogen and oxygen atoms in total. The van der Waals surface area contributed by atoms with Gasteiger partial charge in [0.15, 0.2) is 0 Å². The molecule has 0 aliphatic heterocycles. The normalized spacial score (nSPS) is 10.9. The van der Waals surface area contributed by atoms with Crippen molar-refractivity contribution in [2.75, 3.05) is 0 Å². The highest BCUT2D eigenvalue weighted by molar-refractivity contribution is 14.1. The molecule has 0 radical (unpaired) electrons. The number of aromatic nitrogens is 4. The Labute approximate surface area is 190 Å². The molecule has 30 heavy (non-hydrogen) atoms. The molecule has 1 amide bonds. The third-order valence-corrected chi connectivity index (χ3v) is 6.46. The van der Waals surface area contributed by atoms with Crippen molar-refractivity contribution < 1.29 is 4.79 Å². The number of benzene rings is 1. The van der Waals surface area contributed by atoms with E-state index in [1.54, 1.807) is 12.4 Å². The average molecular weight is 531 g/mol. The lowest BCUT2D eigenvalue weighted by Crippen LogP contribution is -2.24. The molecular formula is C21H18IN5O2S. The van der Waals surface area contributed by atoms with Gasteiger partial charge in [0.25, 0.3) is 5.91 Å². The minimum absolute atomic E-state index is 0.174. The topological polar surface area (TPSA) is 81.8 Å². The highest BCUT2D eigenvalue weighted by Gasteiger charge is 2.17. The van der Waals surface area contributed by atoms with Crippen LogP contribution in [0.2, 0.25) is 0 Å². The van der Waals surface area contributed by atoms with Crippen molar-refractivity contribution in [1.29, 1.82) is 0 Å². The Morgan fingerprint density at radius 2 is 2.00 bits per heavy atom. The Balaban J connectivity index is 1.51. The second kappa shape index (κ2) is 8.92. The number of nitrogens with one attached hydrogen (secondary N) is 1. The first kappa shape index (κ1) is 20.5. The molecule has 4 rings (SSSR count). The number of nitrogens with zero attached hydrogens (tertiary/aromatic N) is 4. The minimum atomic E-state index is -0.239. The average Bonchev–Trinajstić information content (AvgIpc) is 3.31. The number of aryl methyl sites for hydroxylation is 1. The van der Waals surface area contributed by atoms with Crippen LogP contribution >= 0.6 is 33.9 Å². The molecular weight excluding hydrogens is 513 g/mol. The van der Waals surface area contributed by atoms with Crippen molar-refractivity contribution in [3.05, 3.63) is 96.8 Å². The van der Waals surface area contributed by atoms with Gasteiger partial charge >= 0.3 is 5.69 Å². The van der Waals surface area contributed by atoms with Crippen molar-refractivity contribution in [2.45, 2.75) is 20.0 Å². The molecule has 0 aliphatic rings. The quantitative estimate of drug-likeness (QED) is 0.387. The predicted molar refractivity (Wildman–Crippen MR) is 124 cm³/mol. The number of halogens is 1. The summed E-state index contributed by atoms with van der Waals surface area (Å²) in [6, 6.07) is 13.5. The maximum atomic E-state index is 12.8. The van der Waals surface area contributed by atoms with Crippen LogP contribution < -0.4 is 11.0 Å². The van der Waals surface area contributed by atoms with Crippen molar-refractivity contribution in [1.82, 2.24) is 24.6 Å². The molecule has 0 atom stereocenters. The number of hydrogen-bond acceptors (Lipinski definition) is 5. The molecule has 0 saturated heterocycles. The lowest BCUT2D eigenvalue weighted by Gasteiger charge is -2.04. The fourth-order valence-corrected chi connectivity index (χ4v) is 4.35. The van der Waals surface area contributed by atoms with Gasteiger partial charge in [-0.1, -0.05) is 18.2 Å². The Kier molecular flexibility index (Phi) is 6.09. The van der Waals surface area contributed by atoms with E-state index in [9.17, 15) is 9.59 Å². The van der Waals surface area contributed by atoms with Crippen LogP contribution in [-0.4, -0.2) is 25.2 Å². The van der Waals surface area contributed by atoms with Crippen LogP contribution in [0, 0.1) is 10.5 Å². The molecule has 0 aliphatic carbocycles. The number of carbonyl (C=O) groups excluding carboxylic acids is 1. The summed E-state index contributed by atoms with van der Waals surface area (Å²) in [4.78, 5) is 30.0. The van der Waals surface area contributed by atoms with Gasteiger partial charge in [-0.15, -0.1) is 11.3 Å². The van der Waals surface area contributed by atoms with E-state index < -0.39 is 0 Å². The van der Waals surface area contributed by atoms with E-state index in [0.29, 0.717) is 23.0 Å². The number of amides is 1. The molecule has 152 valence electrons. The highest BCUT2D eigenvalue weighted by atomic mass is 127. The van der Waals surface area contributed by atoms with E-state index in [1.807, 2.05) is 49.4 Å². The van der Waals surface area contributed by atoms with Gasteiger partial charge in [0, 0.05) is 22.5 Å². The molecule has 3 aromatic heterocycles. The summed E-state index contributed by atoms with van der Waals surface area (Å²) in [5.41, 5.74) is 2.50. The van der Waals surface area contributed by atoms with Gasteiger partial charge in [-0.2, -0.15) is 5.10 Å². The third kappa shape index (κ3) is 4.51. The fourth-order valence-electron chi connectivity index (χ4n) is 2.93. The van der Waals surface area contributed by atoms with Crippen molar-refractivity contribution >= 4 is 39.8 Å². The molecule has 4 aromatic rings. The summed E-state index contributed by atoms with van der Waals surface area (Å²) < 4.78 is 4.03. The van der Waals surface area contributed by atoms with E-state index in [-0.39, 0.29) is 11.6 Å². The Bertz CT molecular complexity index is 1230. The Morgan fingerprint density at radius 3 is 2.73 bits per heavy atom. The Morgan fingerprint density at radius 1 is 1.20 bits per heavy atom. The second-order valence-corrected chi connectivity index (χ2v) is 8.98. The molecule has 0 saturated carbocycles. The van der Waals surface area contributed by atoms with Crippen molar-refractivity contribution in [3.8, 4) is 5.00 Å². The van der Waals surface area contributed by atoms with E-state index >= 15 is 0 Å². The second-order valence-electron chi connectivity index (χ2n) is 6.71. The lowest BCUT2D eigenvalue weighted by molar-refractivity contribution is 0.0954. The monoisotopic (exact) mass is 531 g/mol. The first-order chi connectivity index (χ1) is 14.5. The molecule has 1 N–H and O–H groups in total. The van der Waals surface area contributed by atoms with Crippen molar-refractivity contribution in [2.24, 2.45) is 0 Å². The largest absolute Gasteiger partial charge is 0.351 e. The van der Waals surface area contributed by atoms with Gasteiger partial charge in [-0.25, -0.2) is 14.0 Å². The van der Waals surface area contributed by atoms with Crippen LogP contribution in [-0.2, 0) is 13.1 Å². The number of rotatable bonds is 6. The zero-order valence-electron chi connectivity index (χ0n) is 16.1. The number of thiophene rings is 1. The van der Waals surface area contributed by atoms with E-state index in [1.165, 1.54) is 26.9 Å². The first-order valence-corrected chi connectivity index (χ1v) is 11.1. The molecule has 0 unspecified atom stereocenters. The molecule has 3 heterocycles. The molecule has 1 aromatic carbocycles. The highest BCUT2D eigenvalue weighted by Crippen LogP contribution is 2.24. The van der Waals surface area contributed by atoms with Crippen molar-refractivity contribution in [3.63, 3.8) is 0 Å². The van der Waals surface area contributed by atoms with Crippen LogP contribution in [0.25, 0.3) is 5.00 Å². The van der Waals surface area contributed by atoms with Gasteiger partial charge < -0.3 is 5.32 Å². The molecule has 0 fully saturated rings. The summed E-state index contributed by atoms with van der Waals surface area (Å²) in [6.07, 6.45) is 4.91. The van der Waals surface area contributed by atoms with E-state index in [0.717, 1.165) is 20.3 Å². The summed E-state index contributed by atoms with van der Waals surface area (Å²) in [5, 5.41) is 7.80. The van der Waals surface area contributed by atoms with Crippen LogP contribution in [0.4, 0.5) is 0 Å². The van der Waals surface area contributed by atoms with Crippen LogP contribution in [0.5, 0.6) is 0 Å². The zero-order valence-corrected chi connectivity index (χ0v) is 19.1. The zero-order chi connectivity index (χ0) is 21.1. The maximum absolute atomic E-state index is 12.8. The number of hydrogen-bond donors (Lipinski definition) is 1. The predicted octanol–water partition coefficient (Wildman–Crippen LogP) is 3.38. The van der Waals surface area contributed by atoms with Gasteiger partial charge in [0.2, 0.25) is 0 Å².